The fourth-order valence-corrected chi connectivity index (χ4v) is 2.66. The predicted molar refractivity (Wildman–Crippen MR) is 54.1 cm³/mol. The maximum atomic E-state index is 11.9. The first-order valence-electron chi connectivity index (χ1n) is 5.77. The van der Waals surface area contributed by atoms with Crippen molar-refractivity contribution in [3.63, 3.8) is 0 Å². The molecule has 0 aromatic carbocycles. The van der Waals surface area contributed by atoms with E-state index in [2.05, 4.69) is 18.7 Å². The summed E-state index contributed by atoms with van der Waals surface area (Å²) in [6, 6.07) is 0.546. The van der Waals surface area contributed by atoms with Crippen LogP contribution in [0.25, 0.3) is 0 Å². The molecule has 0 aromatic rings. The van der Waals surface area contributed by atoms with Crippen LogP contribution in [0, 0.1) is 17.8 Å². The molecule has 1 aliphatic carbocycles. The highest BCUT2D eigenvalue weighted by Gasteiger charge is 2.55. The number of fused-ring (bicyclic) bond motifs is 1. The number of rotatable bonds is 4. The molecule has 0 aromatic heterocycles. The normalized spacial score (nSPS) is 34.5. The molecule has 1 saturated heterocycles. The Morgan fingerprint density at radius 3 is 2.25 bits per heavy atom. The topological polar surface area (TPSA) is 12.5 Å². The van der Waals surface area contributed by atoms with Gasteiger partial charge in [-0.05, 0) is 31.6 Å². The van der Waals surface area contributed by atoms with Crippen molar-refractivity contribution >= 4 is 0 Å². The summed E-state index contributed by atoms with van der Waals surface area (Å²) in [5.74, 6) is 1.53. The van der Waals surface area contributed by atoms with E-state index in [9.17, 15) is 13.2 Å². The Kier molecular flexibility index (Phi) is 3.18. The van der Waals surface area contributed by atoms with E-state index in [1.54, 1.807) is 0 Å². The van der Waals surface area contributed by atoms with Crippen LogP contribution in [0.15, 0.2) is 0 Å². The first-order valence-corrected chi connectivity index (χ1v) is 5.77. The van der Waals surface area contributed by atoms with Crippen molar-refractivity contribution in [2.45, 2.75) is 26.1 Å². The molecule has 0 radical (unpaired) electrons. The molecule has 3 atom stereocenters. The number of likely N-dealkylation sites (tertiary alicyclic amines) is 1. The minimum absolute atomic E-state index is 0.279. The largest absolute Gasteiger partial charge is 0.411 e. The number of piperidine rings is 1. The Balaban J connectivity index is 1.63. The second-order valence-electron chi connectivity index (χ2n) is 5.17. The van der Waals surface area contributed by atoms with E-state index >= 15 is 0 Å². The van der Waals surface area contributed by atoms with E-state index in [4.69, 9.17) is 4.74 Å². The zero-order valence-electron chi connectivity index (χ0n) is 9.63. The third-order valence-electron chi connectivity index (χ3n) is 3.71. The summed E-state index contributed by atoms with van der Waals surface area (Å²) in [6.45, 7) is 5.54. The summed E-state index contributed by atoms with van der Waals surface area (Å²) in [5.41, 5.74) is 0. The van der Waals surface area contributed by atoms with Gasteiger partial charge in [0, 0.05) is 19.1 Å². The SMILES string of the molecule is CC(C)N1C[C@@H]2C(COCC(F)(F)F)[C@@H]2C1. The quantitative estimate of drug-likeness (QED) is 0.743. The second kappa shape index (κ2) is 4.18. The molecule has 1 heterocycles. The van der Waals surface area contributed by atoms with Crippen molar-refractivity contribution in [2.75, 3.05) is 26.3 Å². The number of hydrogen-bond acceptors (Lipinski definition) is 2. The second-order valence-corrected chi connectivity index (χ2v) is 5.17. The smallest absolute Gasteiger partial charge is 0.372 e. The highest BCUT2D eigenvalue weighted by Crippen LogP contribution is 2.52. The highest BCUT2D eigenvalue weighted by molar-refractivity contribution is 5.05. The van der Waals surface area contributed by atoms with Gasteiger partial charge < -0.3 is 9.64 Å². The summed E-state index contributed by atoms with van der Waals surface area (Å²) < 4.78 is 40.3. The van der Waals surface area contributed by atoms with Crippen molar-refractivity contribution in [1.29, 1.82) is 0 Å². The van der Waals surface area contributed by atoms with E-state index in [0.29, 0.717) is 23.8 Å². The van der Waals surface area contributed by atoms with Crippen LogP contribution in [0.2, 0.25) is 0 Å². The standard InChI is InChI=1S/C11H18F3NO/c1-7(2)15-3-8-9(4-15)10(8)5-16-6-11(12,13)14/h7-10H,3-6H2,1-2H3/t8-,9+,10?. The summed E-state index contributed by atoms with van der Waals surface area (Å²) in [5, 5.41) is 0. The lowest BCUT2D eigenvalue weighted by Crippen LogP contribution is -2.32. The molecule has 2 aliphatic rings. The molecule has 1 saturated carbocycles. The van der Waals surface area contributed by atoms with Gasteiger partial charge in [-0.25, -0.2) is 0 Å². The van der Waals surface area contributed by atoms with Crippen molar-refractivity contribution in [3.05, 3.63) is 0 Å². The van der Waals surface area contributed by atoms with Gasteiger partial charge in [-0.15, -0.1) is 0 Å². The lowest BCUT2D eigenvalue weighted by molar-refractivity contribution is -0.175. The number of hydrogen-bond donors (Lipinski definition) is 0. The molecular weight excluding hydrogens is 219 g/mol. The van der Waals surface area contributed by atoms with Gasteiger partial charge >= 0.3 is 6.18 Å². The zero-order valence-corrected chi connectivity index (χ0v) is 9.63. The third kappa shape index (κ3) is 2.69. The number of halogens is 3. The van der Waals surface area contributed by atoms with Gasteiger partial charge in [0.1, 0.15) is 6.61 Å². The molecule has 2 nitrogen and oxygen atoms in total. The average Bonchev–Trinajstić information content (AvgIpc) is 2.59. The molecule has 0 N–H and O–H groups in total. The number of nitrogens with zero attached hydrogens (tertiary/aromatic N) is 1. The van der Waals surface area contributed by atoms with Gasteiger partial charge in [-0.2, -0.15) is 13.2 Å². The maximum Gasteiger partial charge on any atom is 0.411 e. The van der Waals surface area contributed by atoms with E-state index in [1.807, 2.05) is 0 Å². The molecule has 0 amide bonds. The molecule has 16 heavy (non-hydrogen) atoms. The highest BCUT2D eigenvalue weighted by atomic mass is 19.4. The van der Waals surface area contributed by atoms with Gasteiger partial charge in [-0.1, -0.05) is 0 Å². The Hall–Kier alpha value is -0.290. The number of alkyl halides is 3. The van der Waals surface area contributed by atoms with Crippen LogP contribution < -0.4 is 0 Å². The fraction of sp³-hybridized carbons (Fsp3) is 1.00. The first kappa shape index (κ1) is 12.2. The Labute approximate surface area is 93.7 Å². The van der Waals surface area contributed by atoms with Crippen LogP contribution in [0.3, 0.4) is 0 Å². The summed E-state index contributed by atoms with van der Waals surface area (Å²) in [7, 11) is 0. The lowest BCUT2D eigenvalue weighted by Gasteiger charge is -2.23. The van der Waals surface area contributed by atoms with E-state index in [-0.39, 0.29) is 6.61 Å². The Morgan fingerprint density at radius 2 is 1.81 bits per heavy atom. The fourth-order valence-electron chi connectivity index (χ4n) is 2.66. The summed E-state index contributed by atoms with van der Waals surface area (Å²) in [4.78, 5) is 2.38. The molecule has 1 aliphatic heterocycles. The molecule has 2 fully saturated rings. The van der Waals surface area contributed by atoms with Crippen LogP contribution in [-0.2, 0) is 4.74 Å². The van der Waals surface area contributed by atoms with Crippen LogP contribution in [0.1, 0.15) is 13.8 Å². The van der Waals surface area contributed by atoms with E-state index in [1.165, 1.54) is 0 Å². The van der Waals surface area contributed by atoms with Gasteiger partial charge in [0.2, 0.25) is 0 Å². The van der Waals surface area contributed by atoms with Crippen molar-refractivity contribution in [3.8, 4) is 0 Å². The molecular formula is C11H18F3NO. The van der Waals surface area contributed by atoms with Crippen LogP contribution in [-0.4, -0.2) is 43.4 Å². The van der Waals surface area contributed by atoms with Gasteiger partial charge in [-0.3, -0.25) is 0 Å². The Morgan fingerprint density at radius 1 is 1.25 bits per heavy atom. The summed E-state index contributed by atoms with van der Waals surface area (Å²) >= 11 is 0. The molecule has 0 bridgehead atoms. The van der Waals surface area contributed by atoms with Crippen molar-refractivity contribution in [1.82, 2.24) is 4.90 Å². The van der Waals surface area contributed by atoms with Crippen LogP contribution >= 0.6 is 0 Å². The third-order valence-corrected chi connectivity index (χ3v) is 3.71. The summed E-state index contributed by atoms with van der Waals surface area (Å²) in [6.07, 6.45) is -4.19. The van der Waals surface area contributed by atoms with Crippen molar-refractivity contribution in [2.24, 2.45) is 17.8 Å². The van der Waals surface area contributed by atoms with Gasteiger partial charge in [0.25, 0.3) is 0 Å². The first-order chi connectivity index (χ1) is 7.38. The minimum Gasteiger partial charge on any atom is -0.372 e. The Bertz CT molecular complexity index is 242. The van der Waals surface area contributed by atoms with Gasteiger partial charge in [0.15, 0.2) is 0 Å². The lowest BCUT2D eigenvalue weighted by atomic mass is 10.2. The molecule has 5 heteroatoms. The average molecular weight is 237 g/mol. The molecule has 94 valence electrons. The van der Waals surface area contributed by atoms with Crippen LogP contribution in [0.5, 0.6) is 0 Å². The monoisotopic (exact) mass is 237 g/mol. The van der Waals surface area contributed by atoms with Crippen molar-refractivity contribution < 1.29 is 17.9 Å². The van der Waals surface area contributed by atoms with Gasteiger partial charge in [0.05, 0.1) is 6.61 Å². The molecule has 0 spiro atoms. The minimum atomic E-state index is -4.19. The zero-order chi connectivity index (χ0) is 11.9. The van der Waals surface area contributed by atoms with E-state index in [0.717, 1.165) is 13.1 Å². The molecule has 1 unspecified atom stereocenters. The van der Waals surface area contributed by atoms with Crippen LogP contribution in [0.4, 0.5) is 13.2 Å². The predicted octanol–water partition coefficient (Wildman–Crippen LogP) is 2.15. The number of ether oxygens (including phenoxy) is 1. The maximum absolute atomic E-state index is 11.9. The molecule has 2 rings (SSSR count). The van der Waals surface area contributed by atoms with E-state index < -0.39 is 12.8 Å².